The van der Waals surface area contributed by atoms with Crippen LogP contribution in [0.5, 0.6) is 5.75 Å². The van der Waals surface area contributed by atoms with Crippen LogP contribution in [0, 0.1) is 5.82 Å². The average Bonchev–Trinajstić information content (AvgIpc) is 2.59. The van der Waals surface area contributed by atoms with Crippen molar-refractivity contribution in [3.05, 3.63) is 63.9 Å². The Morgan fingerprint density at radius 2 is 2.25 bits per heavy atom. The summed E-state index contributed by atoms with van der Waals surface area (Å²) in [5.74, 6) is -0.437. The van der Waals surface area contributed by atoms with Gasteiger partial charge < -0.3 is 14.8 Å². The number of rotatable bonds is 3. The number of anilines is 1. The largest absolute Gasteiger partial charge is 0.489 e. The number of benzene rings is 2. The van der Waals surface area contributed by atoms with E-state index < -0.39 is 11.8 Å². The molecule has 1 heterocycles. The molecule has 6 heteroatoms. The van der Waals surface area contributed by atoms with Crippen LogP contribution in [0.25, 0.3) is 6.08 Å². The molecule has 1 aliphatic rings. The third-order valence-corrected chi connectivity index (χ3v) is 4.18. The second kappa shape index (κ2) is 7.05. The summed E-state index contributed by atoms with van der Waals surface area (Å²) in [5, 5.41) is 3.28. The smallest absolute Gasteiger partial charge is 0.330 e. The number of carbonyl (C=O) groups is 1. The molecule has 2 aromatic carbocycles. The molecule has 2 aromatic rings. The van der Waals surface area contributed by atoms with Gasteiger partial charge in [0.25, 0.3) is 0 Å². The maximum Gasteiger partial charge on any atom is 0.330 e. The Bertz CT molecular complexity index is 807. The van der Waals surface area contributed by atoms with Crippen LogP contribution in [-0.4, -0.2) is 19.7 Å². The molecular weight excluding hydrogens is 377 g/mol. The number of halogens is 2. The highest BCUT2D eigenvalue weighted by Crippen LogP contribution is 2.36. The third kappa shape index (κ3) is 3.59. The van der Waals surface area contributed by atoms with E-state index in [0.29, 0.717) is 18.0 Å². The van der Waals surface area contributed by atoms with Gasteiger partial charge in [0.15, 0.2) is 0 Å². The van der Waals surface area contributed by atoms with E-state index in [1.165, 1.54) is 25.3 Å². The zero-order valence-corrected chi connectivity index (χ0v) is 14.5. The minimum Gasteiger partial charge on any atom is -0.489 e. The molecule has 0 saturated carbocycles. The molecule has 0 radical (unpaired) electrons. The standard InChI is InChI=1S/C18H15BrFNO3/c1-23-18(22)6-5-11-8-17-15(9-14(11)20)21-16(10-24-17)12-3-2-4-13(19)7-12/h2-9,16,21H,10H2,1H3. The summed E-state index contributed by atoms with van der Waals surface area (Å²) in [7, 11) is 1.27. The van der Waals surface area contributed by atoms with Crippen molar-refractivity contribution in [3.8, 4) is 5.75 Å². The quantitative estimate of drug-likeness (QED) is 0.625. The van der Waals surface area contributed by atoms with Crippen LogP contribution in [0.15, 0.2) is 46.9 Å². The molecule has 1 N–H and O–H groups in total. The van der Waals surface area contributed by atoms with E-state index in [0.717, 1.165) is 10.0 Å². The number of esters is 1. The molecule has 0 saturated heterocycles. The SMILES string of the molecule is COC(=O)C=Cc1cc2c(cc1F)NC(c1cccc(Br)c1)CO2. The lowest BCUT2D eigenvalue weighted by atomic mass is 10.0. The summed E-state index contributed by atoms with van der Waals surface area (Å²) < 4.78 is 25.5. The van der Waals surface area contributed by atoms with Crippen molar-refractivity contribution in [2.75, 3.05) is 19.0 Å². The Labute approximate surface area is 147 Å². The molecule has 0 amide bonds. The van der Waals surface area contributed by atoms with Gasteiger partial charge in [-0.1, -0.05) is 28.1 Å². The molecular formula is C18H15BrFNO3. The van der Waals surface area contributed by atoms with Crippen molar-refractivity contribution in [2.24, 2.45) is 0 Å². The summed E-state index contributed by atoms with van der Waals surface area (Å²) in [6.07, 6.45) is 2.54. The van der Waals surface area contributed by atoms with Crippen LogP contribution in [0.4, 0.5) is 10.1 Å². The maximum absolute atomic E-state index is 14.2. The lowest BCUT2D eigenvalue weighted by Crippen LogP contribution is -2.24. The van der Waals surface area contributed by atoms with Crippen LogP contribution in [0.1, 0.15) is 17.2 Å². The lowest BCUT2D eigenvalue weighted by Gasteiger charge is -2.28. The molecule has 0 fully saturated rings. The second-order valence-corrected chi connectivity index (χ2v) is 6.20. The number of nitrogens with one attached hydrogen (secondary N) is 1. The normalized spacial score (nSPS) is 16.2. The fourth-order valence-corrected chi connectivity index (χ4v) is 2.88. The number of hydrogen-bond acceptors (Lipinski definition) is 4. The summed E-state index contributed by atoms with van der Waals surface area (Å²) in [6.45, 7) is 0.426. The van der Waals surface area contributed by atoms with Crippen molar-refractivity contribution < 1.29 is 18.7 Å². The molecule has 124 valence electrons. The average molecular weight is 392 g/mol. The van der Waals surface area contributed by atoms with Crippen molar-refractivity contribution >= 4 is 33.7 Å². The van der Waals surface area contributed by atoms with Gasteiger partial charge in [-0.05, 0) is 29.8 Å². The predicted octanol–water partition coefficient (Wildman–Crippen LogP) is 4.32. The zero-order chi connectivity index (χ0) is 17.1. The fourth-order valence-electron chi connectivity index (χ4n) is 2.46. The minimum absolute atomic E-state index is 0.0640. The molecule has 3 rings (SSSR count). The summed E-state index contributed by atoms with van der Waals surface area (Å²) in [5.41, 5.74) is 1.89. The van der Waals surface area contributed by atoms with Crippen LogP contribution >= 0.6 is 15.9 Å². The first kappa shape index (κ1) is 16.5. The molecule has 24 heavy (non-hydrogen) atoms. The molecule has 0 aromatic heterocycles. The molecule has 1 unspecified atom stereocenters. The zero-order valence-electron chi connectivity index (χ0n) is 12.9. The van der Waals surface area contributed by atoms with Crippen molar-refractivity contribution in [2.45, 2.75) is 6.04 Å². The third-order valence-electron chi connectivity index (χ3n) is 3.69. The Kier molecular flexibility index (Phi) is 4.85. The number of ether oxygens (including phenoxy) is 2. The van der Waals surface area contributed by atoms with Crippen molar-refractivity contribution in [1.82, 2.24) is 0 Å². The van der Waals surface area contributed by atoms with Gasteiger partial charge in [0.2, 0.25) is 0 Å². The van der Waals surface area contributed by atoms with Gasteiger partial charge >= 0.3 is 5.97 Å². The molecule has 0 aliphatic carbocycles. The van der Waals surface area contributed by atoms with Crippen molar-refractivity contribution in [3.63, 3.8) is 0 Å². The summed E-state index contributed by atoms with van der Waals surface area (Å²) >= 11 is 3.44. The van der Waals surface area contributed by atoms with E-state index in [4.69, 9.17) is 4.74 Å². The highest BCUT2D eigenvalue weighted by molar-refractivity contribution is 9.10. The molecule has 0 spiro atoms. The van der Waals surface area contributed by atoms with Gasteiger partial charge in [-0.2, -0.15) is 0 Å². The highest BCUT2D eigenvalue weighted by atomic mass is 79.9. The first-order valence-electron chi connectivity index (χ1n) is 7.31. The van der Waals surface area contributed by atoms with E-state index in [1.807, 2.05) is 24.3 Å². The number of hydrogen-bond donors (Lipinski definition) is 1. The highest BCUT2D eigenvalue weighted by Gasteiger charge is 2.22. The molecule has 0 bridgehead atoms. The Hall–Kier alpha value is -2.34. The Morgan fingerprint density at radius 1 is 1.42 bits per heavy atom. The van der Waals surface area contributed by atoms with Crippen LogP contribution in [-0.2, 0) is 9.53 Å². The van der Waals surface area contributed by atoms with Gasteiger partial charge in [0, 0.05) is 22.2 Å². The van der Waals surface area contributed by atoms with E-state index in [1.54, 1.807) is 6.07 Å². The Balaban J connectivity index is 1.84. The lowest BCUT2D eigenvalue weighted by molar-refractivity contribution is -0.134. The number of fused-ring (bicyclic) bond motifs is 1. The molecule has 4 nitrogen and oxygen atoms in total. The molecule has 1 aliphatic heterocycles. The number of methoxy groups -OCH3 is 1. The van der Waals surface area contributed by atoms with Gasteiger partial charge in [-0.3, -0.25) is 0 Å². The van der Waals surface area contributed by atoms with Gasteiger partial charge in [0.05, 0.1) is 18.8 Å². The van der Waals surface area contributed by atoms with Crippen LogP contribution in [0.3, 0.4) is 0 Å². The van der Waals surface area contributed by atoms with E-state index >= 15 is 0 Å². The second-order valence-electron chi connectivity index (χ2n) is 5.29. The summed E-state index contributed by atoms with van der Waals surface area (Å²) in [4.78, 5) is 11.1. The molecule has 1 atom stereocenters. The monoisotopic (exact) mass is 391 g/mol. The summed E-state index contributed by atoms with van der Waals surface area (Å²) in [6, 6.07) is 10.7. The minimum atomic E-state index is -0.541. The van der Waals surface area contributed by atoms with Crippen LogP contribution < -0.4 is 10.1 Å². The van der Waals surface area contributed by atoms with Crippen molar-refractivity contribution in [1.29, 1.82) is 0 Å². The Morgan fingerprint density at radius 3 is 3.00 bits per heavy atom. The predicted molar refractivity (Wildman–Crippen MR) is 93.5 cm³/mol. The van der Waals surface area contributed by atoms with E-state index in [2.05, 4.69) is 26.0 Å². The first-order chi connectivity index (χ1) is 11.6. The van der Waals surface area contributed by atoms with E-state index in [9.17, 15) is 9.18 Å². The maximum atomic E-state index is 14.2. The van der Waals surface area contributed by atoms with Crippen LogP contribution in [0.2, 0.25) is 0 Å². The van der Waals surface area contributed by atoms with Gasteiger partial charge in [-0.15, -0.1) is 0 Å². The van der Waals surface area contributed by atoms with E-state index in [-0.39, 0.29) is 11.6 Å². The van der Waals surface area contributed by atoms with Gasteiger partial charge in [-0.25, -0.2) is 9.18 Å². The number of carbonyl (C=O) groups excluding carboxylic acids is 1. The fraction of sp³-hybridized carbons (Fsp3) is 0.167. The topological polar surface area (TPSA) is 47.6 Å². The van der Waals surface area contributed by atoms with Gasteiger partial charge in [0.1, 0.15) is 18.2 Å². The first-order valence-corrected chi connectivity index (χ1v) is 8.10.